The van der Waals surface area contributed by atoms with Crippen LogP contribution in [-0.2, 0) is 11.2 Å². The quantitative estimate of drug-likeness (QED) is 0.811. The Kier molecular flexibility index (Phi) is 5.20. The lowest BCUT2D eigenvalue weighted by Crippen LogP contribution is -2.37. The number of benzene rings is 1. The van der Waals surface area contributed by atoms with Crippen molar-refractivity contribution in [3.05, 3.63) is 29.8 Å². The van der Waals surface area contributed by atoms with Gasteiger partial charge in [-0.3, -0.25) is 4.79 Å². The number of carboxylic acids is 1. The first-order valence-electron chi connectivity index (χ1n) is 7.45. The number of urea groups is 1. The highest BCUT2D eigenvalue weighted by Crippen LogP contribution is 2.30. The van der Waals surface area contributed by atoms with Crippen molar-refractivity contribution in [3.63, 3.8) is 0 Å². The van der Waals surface area contributed by atoms with Crippen LogP contribution in [0, 0.1) is 5.92 Å². The molecule has 1 aliphatic carbocycles. The molecule has 0 spiro atoms. The van der Waals surface area contributed by atoms with Gasteiger partial charge in [0, 0.05) is 18.8 Å². The minimum atomic E-state index is -0.903. The molecule has 0 aromatic heterocycles. The van der Waals surface area contributed by atoms with Crippen molar-refractivity contribution in [2.75, 3.05) is 18.4 Å². The molecule has 1 saturated carbocycles. The monoisotopic (exact) mass is 290 g/mol. The van der Waals surface area contributed by atoms with Crippen LogP contribution < -0.4 is 5.32 Å². The van der Waals surface area contributed by atoms with Crippen LogP contribution in [0.2, 0.25) is 0 Å². The second kappa shape index (κ2) is 7.11. The number of rotatable bonds is 7. The highest BCUT2D eigenvalue weighted by atomic mass is 16.4. The lowest BCUT2D eigenvalue weighted by molar-refractivity contribution is -0.136. The van der Waals surface area contributed by atoms with Crippen molar-refractivity contribution in [1.82, 2.24) is 4.90 Å². The standard InChI is InChI=1S/C16H22N2O3/c1-2-9-18(11-12-7-8-12)16(21)17-14-6-4-3-5-13(14)10-15(19)20/h3-6,12H,2,7-11H2,1H3,(H,17,21)(H,19,20). The third kappa shape index (κ3) is 4.77. The normalized spacial score (nSPS) is 13.8. The molecule has 0 aliphatic heterocycles. The van der Waals surface area contributed by atoms with Gasteiger partial charge in [0.15, 0.2) is 0 Å². The van der Waals surface area contributed by atoms with Gasteiger partial charge in [-0.2, -0.15) is 0 Å². The van der Waals surface area contributed by atoms with Gasteiger partial charge in [0.05, 0.1) is 6.42 Å². The predicted molar refractivity (Wildman–Crippen MR) is 81.4 cm³/mol. The van der Waals surface area contributed by atoms with E-state index in [1.165, 1.54) is 12.8 Å². The fraction of sp³-hybridized carbons (Fsp3) is 0.500. The Balaban J connectivity index is 2.04. The van der Waals surface area contributed by atoms with Gasteiger partial charge in [0.25, 0.3) is 0 Å². The molecule has 0 saturated heterocycles. The largest absolute Gasteiger partial charge is 0.481 e. The molecule has 0 unspecified atom stereocenters. The smallest absolute Gasteiger partial charge is 0.321 e. The molecule has 2 N–H and O–H groups in total. The van der Waals surface area contributed by atoms with Crippen LogP contribution in [0.4, 0.5) is 10.5 Å². The number of hydrogen-bond donors (Lipinski definition) is 2. The van der Waals surface area contributed by atoms with E-state index in [1.54, 1.807) is 24.3 Å². The minimum absolute atomic E-state index is 0.0904. The van der Waals surface area contributed by atoms with Crippen molar-refractivity contribution < 1.29 is 14.7 Å². The zero-order valence-corrected chi connectivity index (χ0v) is 12.3. The van der Waals surface area contributed by atoms with Crippen LogP contribution in [0.5, 0.6) is 0 Å². The average molecular weight is 290 g/mol. The Morgan fingerprint density at radius 1 is 1.33 bits per heavy atom. The Labute approximate surface area is 125 Å². The fourth-order valence-corrected chi connectivity index (χ4v) is 2.31. The molecule has 5 nitrogen and oxygen atoms in total. The van der Waals surface area contributed by atoms with E-state index in [0.29, 0.717) is 17.2 Å². The lowest BCUT2D eigenvalue weighted by Gasteiger charge is -2.23. The van der Waals surface area contributed by atoms with Gasteiger partial charge in [0.2, 0.25) is 0 Å². The molecule has 0 atom stereocenters. The molecular formula is C16H22N2O3. The number of carbonyl (C=O) groups is 2. The molecule has 0 radical (unpaired) electrons. The zero-order valence-electron chi connectivity index (χ0n) is 12.3. The number of nitrogens with zero attached hydrogens (tertiary/aromatic N) is 1. The third-order valence-corrected chi connectivity index (χ3v) is 3.56. The predicted octanol–water partition coefficient (Wildman–Crippen LogP) is 2.97. The molecule has 1 fully saturated rings. The molecule has 1 aromatic rings. The van der Waals surface area contributed by atoms with Gasteiger partial charge in [-0.1, -0.05) is 25.1 Å². The van der Waals surface area contributed by atoms with E-state index >= 15 is 0 Å². The summed E-state index contributed by atoms with van der Waals surface area (Å²) in [4.78, 5) is 25.1. The van der Waals surface area contributed by atoms with Crippen LogP contribution in [0.3, 0.4) is 0 Å². The average Bonchev–Trinajstić information content (AvgIpc) is 3.24. The molecule has 0 bridgehead atoms. The maximum Gasteiger partial charge on any atom is 0.321 e. The number of nitrogens with one attached hydrogen (secondary N) is 1. The minimum Gasteiger partial charge on any atom is -0.481 e. The van der Waals surface area contributed by atoms with Crippen LogP contribution in [0.15, 0.2) is 24.3 Å². The van der Waals surface area contributed by atoms with E-state index in [9.17, 15) is 9.59 Å². The number of amides is 2. The first-order valence-corrected chi connectivity index (χ1v) is 7.45. The van der Waals surface area contributed by atoms with Gasteiger partial charge in [-0.05, 0) is 36.8 Å². The Hall–Kier alpha value is -2.04. The first kappa shape index (κ1) is 15.4. The van der Waals surface area contributed by atoms with E-state index in [-0.39, 0.29) is 12.5 Å². The highest BCUT2D eigenvalue weighted by molar-refractivity contribution is 5.91. The summed E-state index contributed by atoms with van der Waals surface area (Å²) in [6, 6.07) is 6.92. The summed E-state index contributed by atoms with van der Waals surface area (Å²) in [5.74, 6) is -0.267. The number of hydrogen-bond acceptors (Lipinski definition) is 2. The van der Waals surface area contributed by atoms with Crippen LogP contribution in [-0.4, -0.2) is 35.1 Å². The second-order valence-electron chi connectivity index (χ2n) is 5.55. The van der Waals surface area contributed by atoms with E-state index in [4.69, 9.17) is 5.11 Å². The summed E-state index contributed by atoms with van der Waals surface area (Å²) in [7, 11) is 0. The molecule has 0 heterocycles. The number of aliphatic carboxylic acids is 1. The molecule has 1 aliphatic rings. The number of carboxylic acid groups (broad SMARTS) is 1. The summed E-state index contributed by atoms with van der Waals surface area (Å²) >= 11 is 0. The van der Waals surface area contributed by atoms with E-state index in [1.807, 2.05) is 11.8 Å². The van der Waals surface area contributed by atoms with Crippen molar-refractivity contribution in [2.24, 2.45) is 5.92 Å². The number of carbonyl (C=O) groups excluding carboxylic acids is 1. The lowest BCUT2D eigenvalue weighted by atomic mass is 10.1. The SMILES string of the molecule is CCCN(CC1CC1)C(=O)Nc1ccccc1CC(=O)O. The Morgan fingerprint density at radius 3 is 2.67 bits per heavy atom. The molecule has 2 rings (SSSR count). The fourth-order valence-electron chi connectivity index (χ4n) is 2.31. The van der Waals surface area contributed by atoms with Crippen molar-refractivity contribution in [1.29, 1.82) is 0 Å². The van der Waals surface area contributed by atoms with E-state index in [0.717, 1.165) is 19.5 Å². The van der Waals surface area contributed by atoms with Gasteiger partial charge < -0.3 is 15.3 Å². The van der Waals surface area contributed by atoms with Crippen LogP contribution in [0.1, 0.15) is 31.7 Å². The molecule has 114 valence electrons. The van der Waals surface area contributed by atoms with Crippen LogP contribution >= 0.6 is 0 Å². The summed E-state index contributed by atoms with van der Waals surface area (Å²) in [5.41, 5.74) is 1.21. The van der Waals surface area contributed by atoms with Crippen molar-refractivity contribution in [3.8, 4) is 0 Å². The molecule has 2 amide bonds. The third-order valence-electron chi connectivity index (χ3n) is 3.56. The Bertz CT molecular complexity index is 512. The number of anilines is 1. The summed E-state index contributed by atoms with van der Waals surface area (Å²) in [6.07, 6.45) is 3.22. The van der Waals surface area contributed by atoms with Gasteiger partial charge in [-0.25, -0.2) is 4.79 Å². The molecule has 21 heavy (non-hydrogen) atoms. The van der Waals surface area contributed by atoms with Crippen LogP contribution in [0.25, 0.3) is 0 Å². The van der Waals surface area contributed by atoms with Gasteiger partial charge in [-0.15, -0.1) is 0 Å². The van der Waals surface area contributed by atoms with Crippen molar-refractivity contribution >= 4 is 17.7 Å². The Morgan fingerprint density at radius 2 is 2.05 bits per heavy atom. The summed E-state index contributed by atoms with van der Waals surface area (Å²) in [5, 5.41) is 11.8. The van der Waals surface area contributed by atoms with Crippen molar-refractivity contribution in [2.45, 2.75) is 32.6 Å². The van der Waals surface area contributed by atoms with Gasteiger partial charge >= 0.3 is 12.0 Å². The molecule has 1 aromatic carbocycles. The topological polar surface area (TPSA) is 69.6 Å². The number of para-hydroxylation sites is 1. The zero-order chi connectivity index (χ0) is 15.2. The second-order valence-corrected chi connectivity index (χ2v) is 5.55. The van der Waals surface area contributed by atoms with E-state index in [2.05, 4.69) is 5.32 Å². The molecule has 5 heteroatoms. The maximum atomic E-state index is 12.4. The summed E-state index contributed by atoms with van der Waals surface area (Å²) in [6.45, 7) is 3.57. The van der Waals surface area contributed by atoms with E-state index < -0.39 is 5.97 Å². The summed E-state index contributed by atoms with van der Waals surface area (Å²) < 4.78 is 0. The molecular weight excluding hydrogens is 268 g/mol. The highest BCUT2D eigenvalue weighted by Gasteiger charge is 2.26. The van der Waals surface area contributed by atoms with Gasteiger partial charge in [0.1, 0.15) is 0 Å². The maximum absolute atomic E-state index is 12.4. The first-order chi connectivity index (χ1) is 10.1.